The van der Waals surface area contributed by atoms with Crippen molar-refractivity contribution in [3.8, 4) is 0 Å². The van der Waals surface area contributed by atoms with Crippen molar-refractivity contribution >= 4 is 34.2 Å². The number of rotatable bonds is 5. The summed E-state index contributed by atoms with van der Waals surface area (Å²) in [6.07, 6.45) is 2.30. The van der Waals surface area contributed by atoms with E-state index in [4.69, 9.17) is 9.47 Å². The van der Waals surface area contributed by atoms with Crippen molar-refractivity contribution < 1.29 is 28.6 Å². The molecule has 1 amide bonds. The topological polar surface area (TPSA) is 109 Å². The lowest BCUT2D eigenvalue weighted by Crippen LogP contribution is -2.25. The zero-order chi connectivity index (χ0) is 18.6. The highest BCUT2D eigenvalue weighted by atomic mass is 32.1. The molecule has 2 rings (SSSR count). The predicted molar refractivity (Wildman–Crippen MR) is 89.4 cm³/mol. The summed E-state index contributed by atoms with van der Waals surface area (Å²) in [6.45, 7) is 3.05. The van der Waals surface area contributed by atoms with Gasteiger partial charge >= 0.3 is 11.9 Å². The summed E-state index contributed by atoms with van der Waals surface area (Å²) >= 11 is 1.23. The highest BCUT2D eigenvalue weighted by Crippen LogP contribution is 2.32. The van der Waals surface area contributed by atoms with Crippen molar-refractivity contribution in [2.45, 2.75) is 13.8 Å². The van der Waals surface area contributed by atoms with Gasteiger partial charge in [0.15, 0.2) is 19.0 Å². The number of aryl methyl sites for hydroxylation is 1. The van der Waals surface area contributed by atoms with Gasteiger partial charge in [0, 0.05) is 17.0 Å². The monoisotopic (exact) mass is 364 g/mol. The summed E-state index contributed by atoms with van der Waals surface area (Å²) in [5.41, 5.74) is 1.16. The smallest absolute Gasteiger partial charge is 0.341 e. The van der Waals surface area contributed by atoms with Crippen LogP contribution in [0.1, 0.15) is 31.2 Å². The number of hydrogen-bond donors (Lipinski definition) is 1. The molecule has 0 atom stereocenters. The maximum Gasteiger partial charge on any atom is 0.341 e. The number of pyridine rings is 1. The van der Waals surface area contributed by atoms with Crippen LogP contribution >= 0.6 is 11.3 Å². The van der Waals surface area contributed by atoms with E-state index in [0.29, 0.717) is 9.73 Å². The summed E-state index contributed by atoms with van der Waals surface area (Å²) in [7, 11) is 1.26. The molecule has 9 heteroatoms. The molecule has 8 nitrogen and oxygen atoms in total. The Morgan fingerprint density at radius 1 is 1.20 bits per heavy atom. The minimum absolute atomic E-state index is 0.151. The van der Waals surface area contributed by atoms with E-state index in [2.05, 4.69) is 5.32 Å². The van der Waals surface area contributed by atoms with E-state index in [0.717, 1.165) is 22.8 Å². The molecule has 25 heavy (non-hydrogen) atoms. The maximum absolute atomic E-state index is 12.0. The number of thiophene rings is 1. The van der Waals surface area contributed by atoms with Gasteiger partial charge < -0.3 is 20.0 Å². The molecule has 2 aromatic rings. The molecular weight excluding hydrogens is 348 g/mol. The number of methoxy groups -OCH3 is 1. The second kappa shape index (κ2) is 7.75. The first-order valence-corrected chi connectivity index (χ1v) is 7.99. The zero-order valence-electron chi connectivity index (χ0n) is 13.8. The third-order valence-corrected chi connectivity index (χ3v) is 4.52. The van der Waals surface area contributed by atoms with Crippen LogP contribution in [0.4, 0.5) is 5.00 Å². The molecule has 2 heterocycles. The first-order chi connectivity index (χ1) is 11.8. The van der Waals surface area contributed by atoms with Gasteiger partial charge in [-0.3, -0.25) is 4.79 Å². The molecule has 0 aromatic carbocycles. The van der Waals surface area contributed by atoms with Crippen LogP contribution in [0.5, 0.6) is 0 Å². The van der Waals surface area contributed by atoms with E-state index in [9.17, 15) is 19.6 Å². The number of amides is 1. The van der Waals surface area contributed by atoms with E-state index in [1.807, 2.05) is 6.92 Å². The second-order valence-electron chi connectivity index (χ2n) is 5.05. The Kier molecular flexibility index (Phi) is 5.71. The summed E-state index contributed by atoms with van der Waals surface area (Å²) in [4.78, 5) is 36.5. The Hall–Kier alpha value is -2.94. The van der Waals surface area contributed by atoms with E-state index in [1.54, 1.807) is 6.92 Å². The number of carbonyl (C=O) groups is 3. The molecule has 0 aliphatic heterocycles. The van der Waals surface area contributed by atoms with Gasteiger partial charge in [-0.05, 0) is 19.4 Å². The minimum Gasteiger partial charge on any atom is -0.619 e. The summed E-state index contributed by atoms with van der Waals surface area (Å²) < 4.78 is 10.1. The lowest BCUT2D eigenvalue weighted by atomic mass is 10.1. The lowest BCUT2D eigenvalue weighted by molar-refractivity contribution is -0.605. The van der Waals surface area contributed by atoms with E-state index in [1.165, 1.54) is 30.6 Å². The van der Waals surface area contributed by atoms with Crippen LogP contribution in [0.25, 0.3) is 0 Å². The molecule has 0 bridgehead atoms. The number of carbonyl (C=O) groups excluding carboxylic acids is 3. The number of hydrogen-bond acceptors (Lipinski definition) is 7. The third kappa shape index (κ3) is 4.32. The molecular formula is C16H16N2O6S. The molecule has 1 N–H and O–H groups in total. The van der Waals surface area contributed by atoms with Crippen LogP contribution < -0.4 is 10.0 Å². The SMILES string of the molecule is COC(=O)c1c(NC(=O)COC(=O)c2cc[n+]([O-])cc2)sc(C)c1C. The van der Waals surface area contributed by atoms with Crippen LogP contribution in [0, 0.1) is 19.1 Å². The zero-order valence-corrected chi connectivity index (χ0v) is 14.6. The lowest BCUT2D eigenvalue weighted by Gasteiger charge is -2.07. The normalized spacial score (nSPS) is 10.2. The molecule has 0 fully saturated rings. The Morgan fingerprint density at radius 3 is 2.44 bits per heavy atom. The third-order valence-electron chi connectivity index (χ3n) is 3.40. The van der Waals surface area contributed by atoms with E-state index in [-0.39, 0.29) is 11.1 Å². The van der Waals surface area contributed by atoms with Crippen molar-refractivity contribution in [3.63, 3.8) is 0 Å². The molecule has 132 valence electrons. The Balaban J connectivity index is 2.01. The van der Waals surface area contributed by atoms with Gasteiger partial charge in [0.25, 0.3) is 5.91 Å². The molecule has 2 aromatic heterocycles. The fraction of sp³-hybridized carbons (Fsp3) is 0.250. The summed E-state index contributed by atoms with van der Waals surface area (Å²) in [6, 6.07) is 2.57. The van der Waals surface area contributed by atoms with Crippen molar-refractivity contribution in [2.24, 2.45) is 0 Å². The van der Waals surface area contributed by atoms with Gasteiger partial charge in [-0.15, -0.1) is 11.3 Å². The number of nitrogens with zero attached hydrogens (tertiary/aromatic N) is 1. The molecule has 0 aliphatic rings. The van der Waals surface area contributed by atoms with Crippen molar-refractivity contribution in [1.82, 2.24) is 0 Å². The minimum atomic E-state index is -0.734. The van der Waals surface area contributed by atoms with Crippen molar-refractivity contribution in [2.75, 3.05) is 19.0 Å². The Bertz CT molecular complexity index is 813. The average molecular weight is 364 g/mol. The van der Waals surface area contributed by atoms with Crippen molar-refractivity contribution in [1.29, 1.82) is 0 Å². The van der Waals surface area contributed by atoms with E-state index >= 15 is 0 Å². The highest BCUT2D eigenvalue weighted by Gasteiger charge is 2.22. The van der Waals surface area contributed by atoms with Crippen molar-refractivity contribution in [3.05, 3.63) is 51.3 Å². The fourth-order valence-electron chi connectivity index (χ4n) is 1.99. The van der Waals surface area contributed by atoms with Gasteiger partial charge in [0.1, 0.15) is 5.00 Å². The van der Waals surface area contributed by atoms with Crippen LogP contribution in [-0.2, 0) is 14.3 Å². The van der Waals surface area contributed by atoms with Gasteiger partial charge in [0.05, 0.1) is 18.2 Å². The van der Waals surface area contributed by atoms with Gasteiger partial charge in [-0.2, -0.15) is 4.73 Å². The van der Waals surface area contributed by atoms with Crippen LogP contribution in [0.2, 0.25) is 0 Å². The standard InChI is InChI=1S/C16H16N2O6S/c1-9-10(2)25-14(13(9)16(21)23-3)17-12(19)8-24-15(20)11-4-6-18(22)7-5-11/h4-7H,8H2,1-3H3,(H,17,19). The fourth-order valence-corrected chi connectivity index (χ4v) is 3.05. The largest absolute Gasteiger partial charge is 0.619 e. The molecule has 0 spiro atoms. The maximum atomic E-state index is 12.0. The first kappa shape index (κ1) is 18.4. The van der Waals surface area contributed by atoms with Gasteiger partial charge in [-0.1, -0.05) is 0 Å². The molecule has 0 radical (unpaired) electrons. The number of aromatic nitrogens is 1. The van der Waals surface area contributed by atoms with Gasteiger partial charge in [-0.25, -0.2) is 9.59 Å². The highest BCUT2D eigenvalue weighted by molar-refractivity contribution is 7.16. The van der Waals surface area contributed by atoms with Crippen LogP contribution in [0.3, 0.4) is 0 Å². The summed E-state index contributed by atoms with van der Waals surface area (Å²) in [5, 5.41) is 13.8. The summed E-state index contributed by atoms with van der Waals surface area (Å²) in [5.74, 6) is -1.87. The van der Waals surface area contributed by atoms with Crippen LogP contribution in [0.15, 0.2) is 24.5 Å². The predicted octanol–water partition coefficient (Wildman–Crippen LogP) is 1.58. The Morgan fingerprint density at radius 2 is 1.84 bits per heavy atom. The number of nitrogens with one attached hydrogen (secondary N) is 1. The van der Waals surface area contributed by atoms with Crippen LogP contribution in [-0.4, -0.2) is 31.6 Å². The molecule has 0 unspecified atom stereocenters. The average Bonchev–Trinajstić information content (AvgIpc) is 2.86. The molecule has 0 saturated carbocycles. The number of ether oxygens (including phenoxy) is 2. The quantitative estimate of drug-likeness (QED) is 0.490. The first-order valence-electron chi connectivity index (χ1n) is 7.17. The van der Waals surface area contributed by atoms with Gasteiger partial charge in [0.2, 0.25) is 0 Å². The number of esters is 2. The molecule has 0 aliphatic carbocycles. The number of anilines is 1. The molecule has 0 saturated heterocycles. The van der Waals surface area contributed by atoms with E-state index < -0.39 is 24.5 Å². The Labute approximate surface area is 147 Å². The second-order valence-corrected chi connectivity index (χ2v) is 6.27.